The van der Waals surface area contributed by atoms with E-state index in [2.05, 4.69) is 155 Å². The van der Waals surface area contributed by atoms with Crippen molar-refractivity contribution in [1.29, 1.82) is 0 Å². The summed E-state index contributed by atoms with van der Waals surface area (Å²) >= 11 is 0. The molecule has 7 aromatic carbocycles. The standard InChI is InChI=1S/C51H43BN2O2/c1-26-14-29(4)47(30(5)15-26)33-10-12-45-37(20-33)40-21-34(48-31(6)16-27(2)17-32(48)7)22-41-39-18-28(3)19-46-49(39)52(54(45)50(40)41)43-25-36(56-9)24-42-38-23-35(55-8)11-13-44(38)53(46)51(42)43/h10-25H,1-9H3. The SMILES string of the molecule is COc1ccc2c(c1)c1cc(OC)cc3c1n2-c1cc(C)cc2c1B3n1c3ccc(-c4c(C)cc(C)cc4C)cc3c3cc(-c4c(C)cc(C)cc4C)cc-2c31. The molecule has 0 saturated heterocycles. The largest absolute Gasteiger partial charge is 0.497 e. The van der Waals surface area contributed by atoms with Crippen LogP contribution in [0.25, 0.3) is 82.7 Å². The Kier molecular flexibility index (Phi) is 6.77. The number of nitrogens with zero attached hydrogens (tertiary/aromatic N) is 2. The van der Waals surface area contributed by atoms with Gasteiger partial charge in [-0.2, -0.15) is 0 Å². The first-order valence-corrected chi connectivity index (χ1v) is 19.7. The van der Waals surface area contributed by atoms with Gasteiger partial charge in [-0.25, -0.2) is 0 Å². The maximum atomic E-state index is 6.10. The third-order valence-electron chi connectivity index (χ3n) is 12.8. The quantitative estimate of drug-likeness (QED) is 0.169. The second-order valence-electron chi connectivity index (χ2n) is 16.5. The van der Waals surface area contributed by atoms with Crippen molar-refractivity contribution in [3.8, 4) is 50.6 Å². The highest BCUT2D eigenvalue weighted by atomic mass is 16.5. The Morgan fingerprint density at radius 2 is 1.04 bits per heavy atom. The fourth-order valence-electron chi connectivity index (χ4n) is 11.0. The number of aromatic nitrogens is 2. The van der Waals surface area contributed by atoms with Crippen LogP contribution in [0, 0.1) is 48.5 Å². The third kappa shape index (κ3) is 4.31. The van der Waals surface area contributed by atoms with Gasteiger partial charge in [0.15, 0.2) is 0 Å². The number of hydrogen-bond acceptors (Lipinski definition) is 2. The van der Waals surface area contributed by atoms with Crippen molar-refractivity contribution >= 4 is 61.4 Å². The molecule has 0 amide bonds. The third-order valence-corrected chi connectivity index (χ3v) is 12.8. The first-order chi connectivity index (χ1) is 27.0. The second-order valence-corrected chi connectivity index (χ2v) is 16.5. The molecule has 56 heavy (non-hydrogen) atoms. The molecule has 5 heteroatoms. The molecule has 0 bridgehead atoms. The highest BCUT2D eigenvalue weighted by Crippen LogP contribution is 2.47. The van der Waals surface area contributed by atoms with Crippen LogP contribution >= 0.6 is 0 Å². The maximum Gasteiger partial charge on any atom is 0.333 e. The summed E-state index contributed by atoms with van der Waals surface area (Å²) in [5.74, 6) is 1.71. The van der Waals surface area contributed by atoms with Gasteiger partial charge in [0.05, 0.1) is 25.3 Å². The molecule has 0 radical (unpaired) electrons. The van der Waals surface area contributed by atoms with Crippen LogP contribution in [0.5, 0.6) is 11.5 Å². The summed E-state index contributed by atoms with van der Waals surface area (Å²) in [7, 11) is 3.53. The van der Waals surface area contributed by atoms with E-state index in [0.717, 1.165) is 16.9 Å². The zero-order chi connectivity index (χ0) is 38.5. The van der Waals surface area contributed by atoms with Crippen LogP contribution in [0.1, 0.15) is 38.9 Å². The molecule has 4 nitrogen and oxygen atoms in total. The van der Waals surface area contributed by atoms with E-state index >= 15 is 0 Å². The van der Waals surface area contributed by atoms with Crippen LogP contribution in [0.2, 0.25) is 0 Å². The van der Waals surface area contributed by atoms with Gasteiger partial charge in [-0.15, -0.1) is 0 Å². The molecule has 4 heterocycles. The van der Waals surface area contributed by atoms with E-state index in [0.29, 0.717) is 0 Å². The predicted octanol–water partition coefficient (Wildman–Crippen LogP) is 11.3. The Bertz CT molecular complexity index is 3200. The molecular weight excluding hydrogens is 683 g/mol. The number of aryl methyl sites for hydroxylation is 7. The Morgan fingerprint density at radius 3 is 1.71 bits per heavy atom. The highest BCUT2D eigenvalue weighted by molar-refractivity contribution is 6.90. The minimum Gasteiger partial charge on any atom is -0.497 e. The van der Waals surface area contributed by atoms with Gasteiger partial charge < -0.3 is 18.5 Å². The van der Waals surface area contributed by atoms with Crippen LogP contribution in [-0.2, 0) is 0 Å². The summed E-state index contributed by atoms with van der Waals surface area (Å²) in [5, 5.41) is 4.91. The van der Waals surface area contributed by atoms with Crippen LogP contribution < -0.4 is 20.4 Å². The number of ether oxygens (including phenoxy) is 2. The molecule has 2 aromatic heterocycles. The van der Waals surface area contributed by atoms with E-state index < -0.39 is 0 Å². The first-order valence-electron chi connectivity index (χ1n) is 19.7. The van der Waals surface area contributed by atoms with Gasteiger partial charge in [-0.1, -0.05) is 47.5 Å². The number of fused-ring (bicyclic) bond motifs is 10. The zero-order valence-corrected chi connectivity index (χ0v) is 33.5. The molecule has 9 aromatic rings. The molecule has 0 N–H and O–H groups in total. The smallest absolute Gasteiger partial charge is 0.333 e. The topological polar surface area (TPSA) is 28.3 Å². The summed E-state index contributed by atoms with van der Waals surface area (Å²) in [6, 6.07) is 37.3. The van der Waals surface area contributed by atoms with Gasteiger partial charge in [0.1, 0.15) is 11.5 Å². The van der Waals surface area contributed by atoms with Gasteiger partial charge in [0, 0.05) is 43.8 Å². The summed E-state index contributed by atoms with van der Waals surface area (Å²) < 4.78 is 17.1. The molecule has 0 fully saturated rings. The fourth-order valence-corrected chi connectivity index (χ4v) is 11.0. The number of benzene rings is 7. The maximum absolute atomic E-state index is 6.10. The Balaban J connectivity index is 1.33. The van der Waals surface area contributed by atoms with Crippen molar-refractivity contribution in [2.24, 2.45) is 0 Å². The van der Waals surface area contributed by atoms with Crippen LogP contribution in [0.15, 0.2) is 97.1 Å². The zero-order valence-electron chi connectivity index (χ0n) is 33.5. The lowest BCUT2D eigenvalue weighted by Crippen LogP contribution is -2.55. The molecule has 0 saturated carbocycles. The average molecular weight is 727 g/mol. The van der Waals surface area contributed by atoms with Crippen molar-refractivity contribution < 1.29 is 9.47 Å². The minimum atomic E-state index is -0.0631. The summed E-state index contributed by atoms with van der Waals surface area (Å²) in [6.45, 7) is 15.6. The van der Waals surface area contributed by atoms with Crippen LogP contribution in [0.4, 0.5) is 0 Å². The lowest BCUT2D eigenvalue weighted by molar-refractivity contribution is 0.415. The van der Waals surface area contributed by atoms with E-state index in [-0.39, 0.29) is 6.85 Å². The predicted molar refractivity (Wildman–Crippen MR) is 237 cm³/mol. The Morgan fingerprint density at radius 1 is 0.464 bits per heavy atom. The van der Waals surface area contributed by atoms with E-state index in [9.17, 15) is 0 Å². The van der Waals surface area contributed by atoms with E-state index in [1.165, 1.54) is 127 Å². The van der Waals surface area contributed by atoms with Gasteiger partial charge in [0.2, 0.25) is 0 Å². The van der Waals surface area contributed by atoms with Crippen molar-refractivity contribution in [1.82, 2.24) is 9.05 Å². The van der Waals surface area contributed by atoms with Gasteiger partial charge in [-0.3, -0.25) is 0 Å². The van der Waals surface area contributed by atoms with Gasteiger partial charge >= 0.3 is 6.85 Å². The average Bonchev–Trinajstić information content (AvgIpc) is 3.66. The molecule has 272 valence electrons. The van der Waals surface area contributed by atoms with Crippen molar-refractivity contribution in [2.75, 3.05) is 14.2 Å². The minimum absolute atomic E-state index is 0.0631. The molecule has 11 rings (SSSR count). The molecule has 2 aliphatic heterocycles. The second kappa shape index (κ2) is 11.4. The van der Waals surface area contributed by atoms with E-state index in [1.54, 1.807) is 14.2 Å². The molecular formula is C51H43BN2O2. The molecule has 0 atom stereocenters. The number of methoxy groups -OCH3 is 2. The van der Waals surface area contributed by atoms with Crippen molar-refractivity contribution in [3.05, 3.63) is 136 Å². The summed E-state index contributed by atoms with van der Waals surface area (Å²) in [6.07, 6.45) is 0. The number of hydrogen-bond donors (Lipinski definition) is 0. The van der Waals surface area contributed by atoms with Crippen molar-refractivity contribution in [2.45, 2.75) is 48.5 Å². The van der Waals surface area contributed by atoms with Crippen LogP contribution in [0.3, 0.4) is 0 Å². The van der Waals surface area contributed by atoms with Gasteiger partial charge in [0.25, 0.3) is 0 Å². The number of rotatable bonds is 4. The lowest BCUT2D eigenvalue weighted by atomic mass is 9.45. The fraction of sp³-hybridized carbons (Fsp3) is 0.176. The lowest BCUT2D eigenvalue weighted by Gasteiger charge is -2.34. The normalized spacial score (nSPS) is 12.7. The van der Waals surface area contributed by atoms with E-state index in [1.807, 2.05) is 0 Å². The van der Waals surface area contributed by atoms with Crippen LogP contribution in [-0.4, -0.2) is 30.1 Å². The van der Waals surface area contributed by atoms with Gasteiger partial charge in [-0.05, 0) is 176 Å². The van der Waals surface area contributed by atoms with Crippen molar-refractivity contribution in [3.63, 3.8) is 0 Å². The monoisotopic (exact) mass is 726 g/mol. The van der Waals surface area contributed by atoms with E-state index in [4.69, 9.17) is 9.47 Å². The summed E-state index contributed by atoms with van der Waals surface area (Å²) in [5.41, 5.74) is 25.6. The highest BCUT2D eigenvalue weighted by Gasteiger charge is 2.42. The molecule has 2 aliphatic rings. The Hall–Kier alpha value is -6.20. The first kappa shape index (κ1) is 33.2. The molecule has 0 spiro atoms. The molecule has 0 unspecified atom stereocenters. The Labute approximate surface area is 328 Å². The summed E-state index contributed by atoms with van der Waals surface area (Å²) in [4.78, 5) is 0. The molecule has 0 aliphatic carbocycles.